The molecule has 0 aromatic heterocycles. The van der Waals surface area contributed by atoms with Crippen molar-refractivity contribution in [3.63, 3.8) is 0 Å². The Hall–Kier alpha value is -3.41. The number of rotatable bonds is 8. The molecule has 0 aliphatic heterocycles. The topological polar surface area (TPSA) is 78.9 Å². The Morgan fingerprint density at radius 1 is 0.964 bits per heavy atom. The van der Waals surface area contributed by atoms with E-state index in [0.717, 1.165) is 11.1 Å². The van der Waals surface area contributed by atoms with Gasteiger partial charge < -0.3 is 14.2 Å². The summed E-state index contributed by atoms with van der Waals surface area (Å²) in [7, 11) is 0. The molecule has 1 atom stereocenters. The second kappa shape index (κ2) is 10.1. The Kier molecular flexibility index (Phi) is 7.51. The molecule has 6 nitrogen and oxygen atoms in total. The molecule has 0 saturated heterocycles. The average molecular weight is 382 g/mol. The molecule has 2 aromatic carbocycles. The summed E-state index contributed by atoms with van der Waals surface area (Å²) in [6, 6.07) is 16.1. The van der Waals surface area contributed by atoms with E-state index in [4.69, 9.17) is 14.2 Å². The summed E-state index contributed by atoms with van der Waals surface area (Å²) >= 11 is 0. The van der Waals surface area contributed by atoms with Crippen molar-refractivity contribution >= 4 is 17.9 Å². The van der Waals surface area contributed by atoms with Gasteiger partial charge in [0.25, 0.3) is 0 Å². The molecule has 0 N–H and O–H groups in total. The lowest BCUT2D eigenvalue weighted by Crippen LogP contribution is -2.20. The lowest BCUT2D eigenvalue weighted by atomic mass is 10.1. The van der Waals surface area contributed by atoms with E-state index in [1.807, 2.05) is 37.3 Å². The fourth-order valence-electron chi connectivity index (χ4n) is 2.27. The second-order valence-electron chi connectivity index (χ2n) is 6.19. The fourth-order valence-corrected chi connectivity index (χ4v) is 2.27. The van der Waals surface area contributed by atoms with Crippen LogP contribution in [0.25, 0.3) is 0 Å². The largest absolute Gasteiger partial charge is 0.455 e. The number of carbonyl (C=O) groups excluding carboxylic acids is 3. The third kappa shape index (κ3) is 6.72. The zero-order valence-corrected chi connectivity index (χ0v) is 15.8. The van der Waals surface area contributed by atoms with Gasteiger partial charge in [-0.05, 0) is 31.5 Å². The molecule has 0 aliphatic rings. The van der Waals surface area contributed by atoms with Crippen molar-refractivity contribution in [2.45, 2.75) is 26.4 Å². The third-order valence-electron chi connectivity index (χ3n) is 3.80. The Morgan fingerprint density at radius 3 is 2.25 bits per heavy atom. The van der Waals surface area contributed by atoms with Crippen LogP contribution in [-0.2, 0) is 23.9 Å². The quantitative estimate of drug-likeness (QED) is 0.394. The van der Waals surface area contributed by atoms with Crippen LogP contribution in [0, 0.1) is 6.92 Å². The molecule has 0 fully saturated rings. The van der Waals surface area contributed by atoms with Crippen LogP contribution in [0.1, 0.15) is 30.6 Å². The number of carbonyl (C=O) groups is 3. The van der Waals surface area contributed by atoms with Crippen molar-refractivity contribution in [2.24, 2.45) is 0 Å². The highest BCUT2D eigenvalue weighted by molar-refractivity contribution is 5.94. The van der Waals surface area contributed by atoms with E-state index in [-0.39, 0.29) is 12.0 Å². The van der Waals surface area contributed by atoms with E-state index in [1.54, 1.807) is 31.2 Å². The maximum atomic E-state index is 11.9. The van der Waals surface area contributed by atoms with Gasteiger partial charge in [0.05, 0.1) is 6.42 Å². The molecule has 0 spiro atoms. The monoisotopic (exact) mass is 382 g/mol. The maximum absolute atomic E-state index is 11.9. The Bertz CT molecular complexity index is 839. The van der Waals surface area contributed by atoms with Crippen LogP contribution in [0.4, 0.5) is 0 Å². The van der Waals surface area contributed by atoms with Gasteiger partial charge in [-0.3, -0.25) is 4.79 Å². The zero-order chi connectivity index (χ0) is 20.5. The van der Waals surface area contributed by atoms with Crippen LogP contribution in [0.3, 0.4) is 0 Å². The van der Waals surface area contributed by atoms with Crippen molar-refractivity contribution in [2.75, 3.05) is 6.61 Å². The van der Waals surface area contributed by atoms with E-state index in [2.05, 4.69) is 6.58 Å². The molecule has 0 radical (unpaired) electrons. The standard InChI is InChI=1S/C22H22O6/c1-15-9-11-19(12-10-15)28-20(23)13-16(2)22(25)26-14-21(24)27-17(3)18-7-5-4-6-8-18/h4-12,17H,2,13-14H2,1,3H3. The molecule has 28 heavy (non-hydrogen) atoms. The average Bonchev–Trinajstić information content (AvgIpc) is 2.68. The first-order valence-electron chi connectivity index (χ1n) is 8.72. The molecule has 2 rings (SSSR count). The fraction of sp³-hybridized carbons (Fsp3) is 0.227. The second-order valence-corrected chi connectivity index (χ2v) is 6.19. The van der Waals surface area contributed by atoms with E-state index in [9.17, 15) is 14.4 Å². The summed E-state index contributed by atoms with van der Waals surface area (Å²) in [6.07, 6.45) is -0.817. The van der Waals surface area contributed by atoms with Crippen molar-refractivity contribution in [1.29, 1.82) is 0 Å². The zero-order valence-electron chi connectivity index (χ0n) is 15.8. The minimum Gasteiger partial charge on any atom is -0.455 e. The van der Waals surface area contributed by atoms with E-state index in [0.29, 0.717) is 5.75 Å². The first kappa shape index (κ1) is 20.9. The summed E-state index contributed by atoms with van der Waals surface area (Å²) < 4.78 is 15.2. The molecule has 0 aliphatic carbocycles. The molecule has 1 unspecified atom stereocenters. The summed E-state index contributed by atoms with van der Waals surface area (Å²) in [5, 5.41) is 0. The lowest BCUT2D eigenvalue weighted by Gasteiger charge is -2.13. The first-order chi connectivity index (χ1) is 13.3. The van der Waals surface area contributed by atoms with E-state index >= 15 is 0 Å². The summed E-state index contributed by atoms with van der Waals surface area (Å²) in [5.74, 6) is -1.83. The predicted molar refractivity (Wildman–Crippen MR) is 102 cm³/mol. The van der Waals surface area contributed by atoms with Gasteiger partial charge >= 0.3 is 17.9 Å². The lowest BCUT2D eigenvalue weighted by molar-refractivity contribution is -0.160. The van der Waals surface area contributed by atoms with Crippen molar-refractivity contribution in [3.8, 4) is 5.75 Å². The molecular formula is C22H22O6. The number of benzene rings is 2. The normalized spacial score (nSPS) is 11.2. The van der Waals surface area contributed by atoms with Gasteiger partial charge in [-0.25, -0.2) is 9.59 Å². The summed E-state index contributed by atoms with van der Waals surface area (Å²) in [6.45, 7) is 6.57. The van der Waals surface area contributed by atoms with Gasteiger partial charge in [0.2, 0.25) is 0 Å². The van der Waals surface area contributed by atoms with Crippen molar-refractivity contribution < 1.29 is 28.6 Å². The van der Waals surface area contributed by atoms with Crippen LogP contribution >= 0.6 is 0 Å². The SMILES string of the molecule is C=C(CC(=O)Oc1ccc(C)cc1)C(=O)OCC(=O)OC(C)c1ccccc1. The third-order valence-corrected chi connectivity index (χ3v) is 3.80. The van der Waals surface area contributed by atoms with Crippen LogP contribution in [0.15, 0.2) is 66.7 Å². The Morgan fingerprint density at radius 2 is 1.61 bits per heavy atom. The van der Waals surface area contributed by atoms with Gasteiger partial charge in [0.1, 0.15) is 11.9 Å². The molecule has 2 aromatic rings. The predicted octanol–water partition coefficient (Wildman–Crippen LogP) is 3.69. The highest BCUT2D eigenvalue weighted by Gasteiger charge is 2.18. The van der Waals surface area contributed by atoms with Gasteiger partial charge in [-0.15, -0.1) is 0 Å². The van der Waals surface area contributed by atoms with Crippen LogP contribution < -0.4 is 4.74 Å². The Balaban J connectivity index is 1.74. The number of aryl methyl sites for hydroxylation is 1. The Labute approximate surface area is 163 Å². The highest BCUT2D eigenvalue weighted by Crippen LogP contribution is 2.16. The smallest absolute Gasteiger partial charge is 0.344 e. The van der Waals surface area contributed by atoms with Gasteiger partial charge in [0.15, 0.2) is 6.61 Å². The minimum atomic E-state index is -0.856. The molecule has 0 saturated carbocycles. The molecule has 0 bridgehead atoms. The molecule has 0 amide bonds. The summed E-state index contributed by atoms with van der Waals surface area (Å²) in [4.78, 5) is 35.6. The van der Waals surface area contributed by atoms with Gasteiger partial charge in [-0.1, -0.05) is 54.6 Å². The van der Waals surface area contributed by atoms with Gasteiger partial charge in [-0.2, -0.15) is 0 Å². The number of esters is 3. The number of hydrogen-bond acceptors (Lipinski definition) is 6. The van der Waals surface area contributed by atoms with Crippen LogP contribution in [-0.4, -0.2) is 24.5 Å². The van der Waals surface area contributed by atoms with Gasteiger partial charge in [0, 0.05) is 5.57 Å². The summed E-state index contributed by atoms with van der Waals surface area (Å²) in [5.41, 5.74) is 1.74. The van der Waals surface area contributed by atoms with Crippen LogP contribution in [0.5, 0.6) is 5.75 Å². The molecule has 6 heteroatoms. The van der Waals surface area contributed by atoms with Crippen molar-refractivity contribution in [3.05, 3.63) is 77.9 Å². The highest BCUT2D eigenvalue weighted by atomic mass is 16.6. The molecular weight excluding hydrogens is 360 g/mol. The maximum Gasteiger partial charge on any atom is 0.344 e. The first-order valence-corrected chi connectivity index (χ1v) is 8.72. The molecule has 0 heterocycles. The molecule has 146 valence electrons. The van der Waals surface area contributed by atoms with Crippen molar-refractivity contribution in [1.82, 2.24) is 0 Å². The number of ether oxygens (including phenoxy) is 3. The number of hydrogen-bond donors (Lipinski definition) is 0. The minimum absolute atomic E-state index is 0.110. The van der Waals surface area contributed by atoms with Crippen LogP contribution in [0.2, 0.25) is 0 Å². The van der Waals surface area contributed by atoms with E-state index in [1.165, 1.54) is 0 Å². The van der Waals surface area contributed by atoms with E-state index < -0.39 is 30.6 Å².